The van der Waals surface area contributed by atoms with Crippen LogP contribution in [-0.2, 0) is 6.54 Å². The van der Waals surface area contributed by atoms with Crippen LogP contribution >= 0.6 is 11.6 Å². The lowest BCUT2D eigenvalue weighted by Crippen LogP contribution is -2.42. The second-order valence-electron chi connectivity index (χ2n) is 6.54. The summed E-state index contributed by atoms with van der Waals surface area (Å²) in [5.74, 6) is 0.239. The van der Waals surface area contributed by atoms with Crippen molar-refractivity contribution in [2.75, 3.05) is 13.1 Å². The van der Waals surface area contributed by atoms with Crippen LogP contribution < -0.4 is 5.32 Å². The Kier molecular flexibility index (Phi) is 5.95. The maximum absolute atomic E-state index is 12.5. The first-order chi connectivity index (χ1) is 12.1. The number of hydrogen-bond acceptors (Lipinski definition) is 3. The van der Waals surface area contributed by atoms with Crippen molar-refractivity contribution >= 4 is 17.5 Å². The molecule has 0 aromatic heterocycles. The van der Waals surface area contributed by atoms with E-state index in [1.54, 1.807) is 30.3 Å². The second-order valence-corrected chi connectivity index (χ2v) is 6.98. The summed E-state index contributed by atoms with van der Waals surface area (Å²) in [6, 6.07) is 14.5. The minimum absolute atomic E-state index is 0.0862. The fourth-order valence-electron chi connectivity index (χ4n) is 3.27. The molecule has 1 aliphatic rings. The number of amides is 1. The van der Waals surface area contributed by atoms with Crippen molar-refractivity contribution in [1.29, 1.82) is 0 Å². The van der Waals surface area contributed by atoms with E-state index in [4.69, 9.17) is 11.6 Å². The maximum Gasteiger partial charge on any atom is 0.251 e. The van der Waals surface area contributed by atoms with Crippen LogP contribution in [0.25, 0.3) is 0 Å². The van der Waals surface area contributed by atoms with Crippen LogP contribution in [0.1, 0.15) is 35.2 Å². The number of halogens is 1. The molecule has 1 saturated heterocycles. The summed E-state index contributed by atoms with van der Waals surface area (Å²) >= 11 is 5.97. The number of carbonyl (C=O) groups excluding carboxylic acids is 1. The van der Waals surface area contributed by atoms with E-state index in [9.17, 15) is 9.90 Å². The third kappa shape index (κ3) is 4.97. The Morgan fingerprint density at radius 3 is 2.84 bits per heavy atom. The largest absolute Gasteiger partial charge is 0.508 e. The molecule has 0 bridgehead atoms. The van der Waals surface area contributed by atoms with Gasteiger partial charge in [0.05, 0.1) is 0 Å². The van der Waals surface area contributed by atoms with Gasteiger partial charge in [0.25, 0.3) is 5.91 Å². The zero-order valence-corrected chi connectivity index (χ0v) is 14.9. The van der Waals surface area contributed by atoms with Gasteiger partial charge >= 0.3 is 0 Å². The lowest BCUT2D eigenvalue weighted by molar-refractivity contribution is 0.0925. The average molecular weight is 359 g/mol. The zero-order chi connectivity index (χ0) is 17.6. The van der Waals surface area contributed by atoms with Gasteiger partial charge in [-0.05, 0) is 43.7 Å². The Hall–Kier alpha value is -2.04. The van der Waals surface area contributed by atoms with Gasteiger partial charge in [-0.15, -0.1) is 0 Å². The van der Waals surface area contributed by atoms with Gasteiger partial charge in [0.2, 0.25) is 0 Å². The number of hydrogen-bond donors (Lipinski definition) is 2. The minimum atomic E-state index is -0.0862. The summed E-state index contributed by atoms with van der Waals surface area (Å²) in [5.41, 5.74) is 1.51. The number of phenols is 1. The topological polar surface area (TPSA) is 52.6 Å². The fourth-order valence-corrected chi connectivity index (χ4v) is 3.46. The Labute approximate surface area is 153 Å². The summed E-state index contributed by atoms with van der Waals surface area (Å²) < 4.78 is 0. The highest BCUT2D eigenvalue weighted by atomic mass is 35.5. The third-order valence-electron chi connectivity index (χ3n) is 4.56. The molecule has 2 aromatic carbocycles. The van der Waals surface area contributed by atoms with Crippen LogP contribution in [-0.4, -0.2) is 35.0 Å². The first-order valence-corrected chi connectivity index (χ1v) is 9.05. The molecule has 1 amide bonds. The summed E-state index contributed by atoms with van der Waals surface area (Å²) in [4.78, 5) is 14.8. The number of para-hydroxylation sites is 1. The van der Waals surface area contributed by atoms with Crippen LogP contribution in [0.4, 0.5) is 0 Å². The van der Waals surface area contributed by atoms with Gasteiger partial charge in [-0.1, -0.05) is 42.3 Å². The lowest BCUT2D eigenvalue weighted by atomic mass is 10.1. The van der Waals surface area contributed by atoms with Gasteiger partial charge in [0.15, 0.2) is 0 Å². The molecular weight excluding hydrogens is 336 g/mol. The van der Waals surface area contributed by atoms with Crippen LogP contribution in [0.2, 0.25) is 5.02 Å². The molecule has 0 spiro atoms. The molecular formula is C20H23ClN2O2. The normalized spacial score (nSPS) is 18.5. The number of nitrogens with zero attached hydrogens (tertiary/aromatic N) is 1. The van der Waals surface area contributed by atoms with Crippen molar-refractivity contribution in [2.45, 2.75) is 31.8 Å². The van der Waals surface area contributed by atoms with E-state index in [0.29, 0.717) is 22.9 Å². The molecule has 3 rings (SSSR count). The smallest absolute Gasteiger partial charge is 0.251 e. The van der Waals surface area contributed by atoms with Crippen molar-refractivity contribution in [1.82, 2.24) is 10.2 Å². The molecule has 1 atom stereocenters. The van der Waals surface area contributed by atoms with Gasteiger partial charge in [0.1, 0.15) is 5.75 Å². The van der Waals surface area contributed by atoms with Crippen LogP contribution in [0.15, 0.2) is 48.5 Å². The second kappa shape index (κ2) is 8.37. The molecule has 5 heteroatoms. The maximum atomic E-state index is 12.5. The number of nitrogens with one attached hydrogen (secondary N) is 1. The minimum Gasteiger partial charge on any atom is -0.508 e. The predicted molar refractivity (Wildman–Crippen MR) is 99.9 cm³/mol. The Morgan fingerprint density at radius 2 is 2.04 bits per heavy atom. The molecule has 1 aliphatic heterocycles. The number of carbonyl (C=O) groups is 1. The molecule has 25 heavy (non-hydrogen) atoms. The standard InChI is InChI=1S/C20H23ClN2O2/c21-17-8-5-7-15(12-17)20(25)22-18-9-3-4-11-23(14-18)13-16-6-1-2-10-19(16)24/h1-2,5-8,10,12,18,24H,3-4,9,11,13-14H2,(H,22,25). The van der Waals surface area contributed by atoms with Gasteiger partial charge in [-0.2, -0.15) is 0 Å². The quantitative estimate of drug-likeness (QED) is 0.873. The molecule has 1 unspecified atom stereocenters. The van der Waals surface area contributed by atoms with E-state index in [-0.39, 0.29) is 11.9 Å². The first kappa shape index (κ1) is 17.8. The summed E-state index contributed by atoms with van der Waals surface area (Å²) in [7, 11) is 0. The molecule has 1 fully saturated rings. The fraction of sp³-hybridized carbons (Fsp3) is 0.350. The molecule has 0 aliphatic carbocycles. The Balaban J connectivity index is 1.63. The van der Waals surface area contributed by atoms with Crippen molar-refractivity contribution in [2.24, 2.45) is 0 Å². The monoisotopic (exact) mass is 358 g/mol. The molecule has 0 radical (unpaired) electrons. The van der Waals surface area contributed by atoms with E-state index in [1.807, 2.05) is 18.2 Å². The van der Waals surface area contributed by atoms with E-state index >= 15 is 0 Å². The highest BCUT2D eigenvalue weighted by Gasteiger charge is 2.21. The van der Waals surface area contributed by atoms with E-state index in [1.165, 1.54) is 0 Å². The molecule has 2 aromatic rings. The SMILES string of the molecule is O=C(NC1CCCCN(Cc2ccccc2O)C1)c1cccc(Cl)c1. The van der Waals surface area contributed by atoms with Crippen LogP contribution in [0.5, 0.6) is 5.75 Å². The number of phenolic OH excluding ortho intramolecular Hbond substituents is 1. The predicted octanol–water partition coefficient (Wildman–Crippen LogP) is 3.83. The van der Waals surface area contributed by atoms with Gasteiger partial charge < -0.3 is 10.4 Å². The highest BCUT2D eigenvalue weighted by Crippen LogP contribution is 2.20. The van der Waals surface area contributed by atoms with Crippen LogP contribution in [0, 0.1) is 0 Å². The molecule has 1 heterocycles. The number of likely N-dealkylation sites (tertiary alicyclic amines) is 1. The first-order valence-electron chi connectivity index (χ1n) is 8.67. The van der Waals surface area contributed by atoms with Crippen molar-refractivity contribution < 1.29 is 9.90 Å². The van der Waals surface area contributed by atoms with Crippen molar-refractivity contribution in [3.63, 3.8) is 0 Å². The average Bonchev–Trinajstić information content (AvgIpc) is 2.82. The summed E-state index contributed by atoms with van der Waals surface area (Å²) in [5, 5.41) is 13.7. The number of aromatic hydroxyl groups is 1. The summed E-state index contributed by atoms with van der Waals surface area (Å²) in [6.07, 6.45) is 3.14. The van der Waals surface area contributed by atoms with E-state index in [0.717, 1.165) is 37.9 Å². The number of rotatable bonds is 4. The van der Waals surface area contributed by atoms with Gasteiger partial charge in [-0.25, -0.2) is 0 Å². The van der Waals surface area contributed by atoms with Gasteiger partial charge in [0, 0.05) is 35.3 Å². The third-order valence-corrected chi connectivity index (χ3v) is 4.80. The van der Waals surface area contributed by atoms with E-state index < -0.39 is 0 Å². The van der Waals surface area contributed by atoms with E-state index in [2.05, 4.69) is 10.2 Å². The molecule has 132 valence electrons. The Morgan fingerprint density at radius 1 is 1.20 bits per heavy atom. The molecule has 2 N–H and O–H groups in total. The molecule has 4 nitrogen and oxygen atoms in total. The van der Waals surface area contributed by atoms with Crippen molar-refractivity contribution in [3.8, 4) is 5.75 Å². The van der Waals surface area contributed by atoms with Crippen LogP contribution in [0.3, 0.4) is 0 Å². The zero-order valence-electron chi connectivity index (χ0n) is 14.1. The molecule has 0 saturated carbocycles. The number of benzene rings is 2. The van der Waals surface area contributed by atoms with Gasteiger partial charge in [-0.3, -0.25) is 9.69 Å². The van der Waals surface area contributed by atoms with Crippen molar-refractivity contribution in [3.05, 3.63) is 64.7 Å². The highest BCUT2D eigenvalue weighted by molar-refractivity contribution is 6.30. The Bertz CT molecular complexity index is 735. The summed E-state index contributed by atoms with van der Waals surface area (Å²) in [6.45, 7) is 2.44. The lowest BCUT2D eigenvalue weighted by Gasteiger charge is -2.25.